The van der Waals surface area contributed by atoms with Crippen molar-refractivity contribution in [2.75, 3.05) is 20.6 Å². The number of carboxylic acid groups (broad SMARTS) is 1. The summed E-state index contributed by atoms with van der Waals surface area (Å²) in [4.78, 5) is 45.7. The van der Waals surface area contributed by atoms with Crippen molar-refractivity contribution < 1.29 is 27.9 Å². The zero-order chi connectivity index (χ0) is 33.9. The van der Waals surface area contributed by atoms with Crippen molar-refractivity contribution in [1.29, 1.82) is 0 Å². The molecular weight excluding hydrogens is 603 g/mol. The zero-order valence-corrected chi connectivity index (χ0v) is 26.6. The van der Waals surface area contributed by atoms with Gasteiger partial charge in [-0.1, -0.05) is 32.0 Å². The van der Waals surface area contributed by atoms with Crippen LogP contribution in [0.3, 0.4) is 0 Å². The Hall–Kier alpha value is -4.59. The molecule has 0 saturated heterocycles. The van der Waals surface area contributed by atoms with Gasteiger partial charge in [-0.3, -0.25) is 18.8 Å². The highest BCUT2D eigenvalue weighted by Crippen LogP contribution is 2.33. The van der Waals surface area contributed by atoms with E-state index in [0.29, 0.717) is 17.4 Å². The fourth-order valence-electron chi connectivity index (χ4n) is 5.49. The Bertz CT molecular complexity index is 1780. The summed E-state index contributed by atoms with van der Waals surface area (Å²) in [7, 11) is 3.44. The first-order valence-electron chi connectivity index (χ1n) is 14.8. The van der Waals surface area contributed by atoms with Crippen LogP contribution in [0.2, 0.25) is 0 Å². The number of hydrogen-bond donors (Lipinski definition) is 2. The van der Waals surface area contributed by atoms with Crippen molar-refractivity contribution >= 4 is 17.5 Å². The zero-order valence-electron chi connectivity index (χ0n) is 26.6. The van der Waals surface area contributed by atoms with Crippen molar-refractivity contribution in [2.45, 2.75) is 65.2 Å². The lowest BCUT2D eigenvalue weighted by molar-refractivity contribution is -0.139. The molecule has 11 nitrogen and oxygen atoms in total. The summed E-state index contributed by atoms with van der Waals surface area (Å²) < 4.78 is 44.4. The van der Waals surface area contributed by atoms with E-state index < -0.39 is 47.7 Å². The monoisotopic (exact) mass is 641 g/mol. The van der Waals surface area contributed by atoms with Gasteiger partial charge in [0.1, 0.15) is 18.1 Å². The molecule has 1 aromatic carbocycles. The minimum absolute atomic E-state index is 0.0102. The Kier molecular flexibility index (Phi) is 10.3. The van der Waals surface area contributed by atoms with Gasteiger partial charge in [0.05, 0.1) is 23.7 Å². The molecular formula is C32H38F3N7O4. The first-order valence-corrected chi connectivity index (χ1v) is 14.8. The molecule has 0 saturated carbocycles. The third-order valence-corrected chi connectivity index (χ3v) is 7.70. The Morgan fingerprint density at radius 3 is 2.37 bits per heavy atom. The third kappa shape index (κ3) is 7.79. The third-order valence-electron chi connectivity index (χ3n) is 7.70. The number of nitrogens with one attached hydrogen (secondary N) is 1. The largest absolute Gasteiger partial charge is 0.481 e. The topological polar surface area (TPSA) is 135 Å². The number of aromatic nitrogens is 5. The lowest BCUT2D eigenvalue weighted by atomic mass is 9.99. The van der Waals surface area contributed by atoms with Crippen LogP contribution in [0, 0.1) is 19.8 Å². The number of nitrogens with zero attached hydrogens (tertiary/aromatic N) is 6. The number of hydrogen-bond acceptors (Lipinski definition) is 7. The molecule has 0 radical (unpaired) electrons. The number of fused-ring (bicyclic) bond motifs is 1. The molecule has 0 aliphatic rings. The number of carboxylic acids is 1. The minimum atomic E-state index is -4.76. The maximum Gasteiger partial charge on any atom is 0.416 e. The Morgan fingerprint density at radius 2 is 1.78 bits per heavy atom. The number of benzene rings is 1. The quantitative estimate of drug-likeness (QED) is 0.229. The molecule has 0 aliphatic heterocycles. The molecule has 2 atom stereocenters. The Morgan fingerprint density at radius 1 is 1.11 bits per heavy atom. The van der Waals surface area contributed by atoms with Crippen LogP contribution in [0.25, 0.3) is 16.9 Å². The van der Waals surface area contributed by atoms with Crippen LogP contribution < -0.4 is 10.9 Å². The van der Waals surface area contributed by atoms with Gasteiger partial charge in [-0.25, -0.2) is 4.98 Å². The van der Waals surface area contributed by atoms with Gasteiger partial charge in [0.15, 0.2) is 5.65 Å². The van der Waals surface area contributed by atoms with Crippen LogP contribution in [0.1, 0.15) is 66.7 Å². The molecule has 3 aromatic heterocycles. The molecule has 4 aromatic rings. The van der Waals surface area contributed by atoms with Crippen molar-refractivity contribution in [2.24, 2.45) is 5.92 Å². The molecule has 4 rings (SSSR count). The Balaban J connectivity index is 1.81. The summed E-state index contributed by atoms with van der Waals surface area (Å²) in [6, 6.07) is 3.86. The highest BCUT2D eigenvalue weighted by molar-refractivity contribution is 5.82. The van der Waals surface area contributed by atoms with Crippen LogP contribution in [0.15, 0.2) is 47.8 Å². The fourth-order valence-corrected chi connectivity index (χ4v) is 5.49. The molecule has 0 fully saturated rings. The fraction of sp³-hybridized carbons (Fsp3) is 0.438. The number of alkyl halides is 3. The molecule has 14 heteroatoms. The predicted molar refractivity (Wildman–Crippen MR) is 165 cm³/mol. The van der Waals surface area contributed by atoms with Gasteiger partial charge in [-0.15, -0.1) is 10.2 Å². The molecule has 46 heavy (non-hydrogen) atoms. The number of carbonyl (C=O) groups is 2. The second kappa shape index (κ2) is 13.8. The van der Waals surface area contributed by atoms with Gasteiger partial charge in [0, 0.05) is 30.6 Å². The van der Waals surface area contributed by atoms with Gasteiger partial charge in [-0.2, -0.15) is 13.2 Å². The molecule has 0 spiro atoms. The number of rotatable bonds is 12. The average molecular weight is 642 g/mol. The molecule has 3 heterocycles. The summed E-state index contributed by atoms with van der Waals surface area (Å²) in [5, 5.41) is 20.8. The maximum absolute atomic E-state index is 14.0. The van der Waals surface area contributed by atoms with Crippen LogP contribution >= 0.6 is 0 Å². The van der Waals surface area contributed by atoms with Gasteiger partial charge < -0.3 is 19.9 Å². The molecule has 0 unspecified atom stereocenters. The molecule has 246 valence electrons. The van der Waals surface area contributed by atoms with E-state index in [-0.39, 0.29) is 36.6 Å². The number of amides is 1. The van der Waals surface area contributed by atoms with Gasteiger partial charge in [-0.05, 0) is 63.4 Å². The van der Waals surface area contributed by atoms with Gasteiger partial charge in [0.25, 0.3) is 5.56 Å². The summed E-state index contributed by atoms with van der Waals surface area (Å²) >= 11 is 0. The van der Waals surface area contributed by atoms with E-state index in [1.165, 1.54) is 12.5 Å². The van der Waals surface area contributed by atoms with E-state index in [1.807, 2.05) is 45.9 Å². The summed E-state index contributed by atoms with van der Waals surface area (Å²) in [5.41, 5.74) is 1.50. The predicted octanol–water partition coefficient (Wildman–Crippen LogP) is 4.61. The minimum Gasteiger partial charge on any atom is -0.481 e. The first-order chi connectivity index (χ1) is 21.6. The number of carbonyl (C=O) groups excluding carboxylic acids is 1. The summed E-state index contributed by atoms with van der Waals surface area (Å²) in [5.74, 6) is -2.09. The van der Waals surface area contributed by atoms with Crippen molar-refractivity contribution in [3.05, 3.63) is 81.3 Å². The molecule has 0 aliphatic carbocycles. The Labute approximate surface area is 264 Å². The summed E-state index contributed by atoms with van der Waals surface area (Å²) in [6.07, 6.45) is -1.14. The number of aliphatic carboxylic acids is 1. The van der Waals surface area contributed by atoms with E-state index in [0.717, 1.165) is 27.5 Å². The maximum atomic E-state index is 14.0. The number of halogens is 3. The molecule has 2 N–H and O–H groups in total. The van der Waals surface area contributed by atoms with E-state index >= 15 is 0 Å². The van der Waals surface area contributed by atoms with Crippen LogP contribution in [-0.2, 0) is 22.2 Å². The first kappa shape index (κ1) is 34.3. The van der Waals surface area contributed by atoms with E-state index in [4.69, 9.17) is 4.98 Å². The number of pyridine rings is 1. The normalized spacial score (nSPS) is 13.4. The van der Waals surface area contributed by atoms with Crippen LogP contribution in [0.4, 0.5) is 13.2 Å². The average Bonchev–Trinajstić information content (AvgIpc) is 3.43. The van der Waals surface area contributed by atoms with Crippen molar-refractivity contribution in [3.8, 4) is 11.3 Å². The lowest BCUT2D eigenvalue weighted by Gasteiger charge is -2.26. The van der Waals surface area contributed by atoms with E-state index in [9.17, 15) is 32.7 Å². The highest BCUT2D eigenvalue weighted by atomic mass is 19.4. The van der Waals surface area contributed by atoms with Crippen LogP contribution in [-0.4, -0.2) is 66.7 Å². The van der Waals surface area contributed by atoms with Gasteiger partial charge in [0.2, 0.25) is 5.91 Å². The highest BCUT2D eigenvalue weighted by Gasteiger charge is 2.36. The second-order valence-electron chi connectivity index (χ2n) is 12.2. The molecule has 0 bridgehead atoms. The van der Waals surface area contributed by atoms with Crippen molar-refractivity contribution in [3.63, 3.8) is 0 Å². The SMILES string of the molecule is Cc1cccc(C)c1-c1nc([C@H](CC(=O)O)NC(=O)[C@H](CC(C)C)n2cc(CCN(C)C)c(C(F)(F)F)cc2=O)cn2cnnc12. The van der Waals surface area contributed by atoms with E-state index in [2.05, 4.69) is 15.5 Å². The van der Waals surface area contributed by atoms with E-state index in [1.54, 1.807) is 23.4 Å². The standard InChI is InChI=1S/C32H38F3N7O4/c1-18(2)12-25(42-15-21(10-11-40(5)6)22(13-26(42)43)32(33,34)35)31(46)38-23(14-27(44)45)24-16-41-17-36-39-30(41)29(37-24)28-19(3)8-7-9-20(28)4/h7-9,13,15-18,23,25H,10-12,14H2,1-6H3,(H,38,46)(H,44,45)/t23-,25-/m0/s1. The second-order valence-corrected chi connectivity index (χ2v) is 12.2. The molecule has 1 amide bonds. The summed E-state index contributed by atoms with van der Waals surface area (Å²) in [6.45, 7) is 7.73. The van der Waals surface area contributed by atoms with Crippen LogP contribution in [0.5, 0.6) is 0 Å². The lowest BCUT2D eigenvalue weighted by Crippen LogP contribution is -2.41. The number of aryl methyl sites for hydroxylation is 2. The van der Waals surface area contributed by atoms with Gasteiger partial charge >= 0.3 is 12.1 Å². The number of likely N-dealkylation sites (N-methyl/N-ethyl adjacent to an activating group) is 1. The smallest absolute Gasteiger partial charge is 0.416 e. The van der Waals surface area contributed by atoms with Crippen molar-refractivity contribution in [1.82, 2.24) is 34.4 Å².